The van der Waals surface area contributed by atoms with Crippen molar-refractivity contribution in [1.82, 2.24) is 14.8 Å². The van der Waals surface area contributed by atoms with Crippen LogP contribution in [0.25, 0.3) is 10.9 Å². The van der Waals surface area contributed by atoms with Gasteiger partial charge in [0, 0.05) is 53.3 Å². The Balaban J connectivity index is 1.32. The van der Waals surface area contributed by atoms with Gasteiger partial charge >= 0.3 is 0 Å². The van der Waals surface area contributed by atoms with E-state index in [0.717, 1.165) is 22.0 Å². The monoisotopic (exact) mass is 429 g/mol. The van der Waals surface area contributed by atoms with Crippen molar-refractivity contribution < 1.29 is 9.59 Å². The highest BCUT2D eigenvalue weighted by molar-refractivity contribution is 6.35. The third kappa shape index (κ3) is 4.41. The Labute approximate surface area is 179 Å². The molecule has 0 atom stereocenters. The summed E-state index contributed by atoms with van der Waals surface area (Å²) in [5.41, 5.74) is 2.80. The number of rotatable bonds is 4. The molecule has 150 valence electrons. The van der Waals surface area contributed by atoms with Gasteiger partial charge in [0.25, 0.3) is 0 Å². The molecule has 1 fully saturated rings. The van der Waals surface area contributed by atoms with Crippen LogP contribution < -0.4 is 0 Å². The van der Waals surface area contributed by atoms with E-state index in [1.165, 1.54) is 0 Å². The Hall–Kier alpha value is -2.50. The summed E-state index contributed by atoms with van der Waals surface area (Å²) in [7, 11) is 0. The molecular formula is C22H21Cl2N3O2. The fourth-order valence-corrected chi connectivity index (χ4v) is 4.17. The number of piperazine rings is 1. The van der Waals surface area contributed by atoms with Crippen molar-refractivity contribution in [2.45, 2.75) is 12.8 Å². The van der Waals surface area contributed by atoms with Crippen molar-refractivity contribution in [1.29, 1.82) is 0 Å². The summed E-state index contributed by atoms with van der Waals surface area (Å²) in [4.78, 5) is 32.2. The minimum Gasteiger partial charge on any atom is -0.361 e. The maximum atomic E-state index is 12.7. The minimum absolute atomic E-state index is 0.0120. The van der Waals surface area contributed by atoms with Gasteiger partial charge < -0.3 is 14.8 Å². The van der Waals surface area contributed by atoms with E-state index in [1.54, 1.807) is 23.1 Å². The molecule has 1 aliphatic heterocycles. The normalized spacial score (nSPS) is 14.4. The Morgan fingerprint density at radius 1 is 0.862 bits per heavy atom. The topological polar surface area (TPSA) is 56.4 Å². The van der Waals surface area contributed by atoms with Gasteiger partial charge in [0.2, 0.25) is 11.8 Å². The van der Waals surface area contributed by atoms with Gasteiger partial charge in [-0.25, -0.2) is 0 Å². The Morgan fingerprint density at radius 2 is 1.48 bits per heavy atom. The summed E-state index contributed by atoms with van der Waals surface area (Å²) >= 11 is 12.1. The Morgan fingerprint density at radius 3 is 2.14 bits per heavy atom. The van der Waals surface area contributed by atoms with Gasteiger partial charge in [-0.1, -0.05) is 47.5 Å². The van der Waals surface area contributed by atoms with Crippen LogP contribution in [-0.4, -0.2) is 52.8 Å². The quantitative estimate of drug-likeness (QED) is 0.682. The number of aromatic nitrogens is 1. The first kappa shape index (κ1) is 19.8. The van der Waals surface area contributed by atoms with Gasteiger partial charge in [-0.3, -0.25) is 9.59 Å². The number of amides is 2. The molecule has 2 heterocycles. The molecule has 1 aromatic heterocycles. The second kappa shape index (κ2) is 8.47. The molecule has 2 amide bonds. The summed E-state index contributed by atoms with van der Waals surface area (Å²) in [6.45, 7) is 2.15. The SMILES string of the molecule is O=C(Cc1ccc(Cl)cc1Cl)N1CCN(C(=O)Cc2c[nH]c3ccccc23)CC1. The largest absolute Gasteiger partial charge is 0.361 e. The third-order valence-corrected chi connectivity index (χ3v) is 5.95. The fourth-order valence-electron chi connectivity index (χ4n) is 3.70. The summed E-state index contributed by atoms with van der Waals surface area (Å²) < 4.78 is 0. The van der Waals surface area contributed by atoms with Crippen molar-refractivity contribution in [3.63, 3.8) is 0 Å². The number of benzene rings is 2. The van der Waals surface area contributed by atoms with Crippen LogP contribution in [0.5, 0.6) is 0 Å². The van der Waals surface area contributed by atoms with E-state index < -0.39 is 0 Å². The molecule has 0 aliphatic carbocycles. The van der Waals surface area contributed by atoms with Gasteiger partial charge in [-0.2, -0.15) is 0 Å². The van der Waals surface area contributed by atoms with Gasteiger partial charge in [0.05, 0.1) is 12.8 Å². The lowest BCUT2D eigenvalue weighted by molar-refractivity contribution is -0.138. The molecule has 5 nitrogen and oxygen atoms in total. The van der Waals surface area contributed by atoms with Crippen LogP contribution in [0.2, 0.25) is 10.0 Å². The van der Waals surface area contributed by atoms with Crippen molar-refractivity contribution in [3.05, 3.63) is 69.8 Å². The van der Waals surface area contributed by atoms with Crippen molar-refractivity contribution in [3.8, 4) is 0 Å². The molecular weight excluding hydrogens is 409 g/mol. The van der Waals surface area contributed by atoms with E-state index >= 15 is 0 Å². The number of nitrogens with zero attached hydrogens (tertiary/aromatic N) is 2. The number of H-pyrrole nitrogens is 1. The lowest BCUT2D eigenvalue weighted by atomic mass is 10.1. The predicted octanol–water partition coefficient (Wildman–Crippen LogP) is 3.93. The highest BCUT2D eigenvalue weighted by Gasteiger charge is 2.25. The maximum absolute atomic E-state index is 12.7. The van der Waals surface area contributed by atoms with E-state index in [1.807, 2.05) is 35.4 Å². The number of nitrogens with one attached hydrogen (secondary N) is 1. The average molecular weight is 430 g/mol. The summed E-state index contributed by atoms with van der Waals surface area (Å²) in [6, 6.07) is 13.1. The molecule has 3 aromatic rings. The molecule has 0 spiro atoms. The number of aromatic amines is 1. The second-order valence-corrected chi connectivity index (χ2v) is 8.05. The van der Waals surface area contributed by atoms with Crippen LogP contribution in [0.15, 0.2) is 48.7 Å². The van der Waals surface area contributed by atoms with Crippen LogP contribution in [0, 0.1) is 0 Å². The number of hydrogen-bond donors (Lipinski definition) is 1. The molecule has 1 aliphatic rings. The van der Waals surface area contributed by atoms with Gasteiger partial charge in [0.1, 0.15) is 0 Å². The lowest BCUT2D eigenvalue weighted by Crippen LogP contribution is -2.51. The zero-order valence-corrected chi connectivity index (χ0v) is 17.3. The van der Waals surface area contributed by atoms with Crippen molar-refractivity contribution >= 4 is 45.9 Å². The number of fused-ring (bicyclic) bond motifs is 1. The molecule has 0 radical (unpaired) electrons. The molecule has 29 heavy (non-hydrogen) atoms. The molecule has 7 heteroatoms. The van der Waals surface area contributed by atoms with E-state index in [9.17, 15) is 9.59 Å². The van der Waals surface area contributed by atoms with Crippen LogP contribution in [0.3, 0.4) is 0 Å². The minimum atomic E-state index is 0.0120. The molecule has 1 saturated heterocycles. The first-order valence-corrected chi connectivity index (χ1v) is 10.3. The first-order chi connectivity index (χ1) is 14.0. The summed E-state index contributed by atoms with van der Waals surface area (Å²) in [5, 5.41) is 2.13. The standard InChI is InChI=1S/C22H21Cl2N3O2/c23-17-6-5-15(19(24)13-17)11-21(28)26-7-9-27(10-8-26)22(29)12-16-14-25-20-4-2-1-3-18(16)20/h1-6,13-14,25H,7-12H2. The molecule has 0 bridgehead atoms. The summed E-state index contributed by atoms with van der Waals surface area (Å²) in [5.74, 6) is 0.0977. The van der Waals surface area contributed by atoms with E-state index in [0.29, 0.717) is 42.6 Å². The van der Waals surface area contributed by atoms with Crippen LogP contribution in [0.4, 0.5) is 0 Å². The molecule has 0 saturated carbocycles. The van der Waals surface area contributed by atoms with Crippen LogP contribution >= 0.6 is 23.2 Å². The van der Waals surface area contributed by atoms with Gasteiger partial charge in [-0.05, 0) is 29.3 Å². The second-order valence-electron chi connectivity index (χ2n) is 7.21. The number of carbonyl (C=O) groups is 2. The average Bonchev–Trinajstić information content (AvgIpc) is 3.13. The highest BCUT2D eigenvalue weighted by atomic mass is 35.5. The Bertz CT molecular complexity index is 1060. The smallest absolute Gasteiger partial charge is 0.227 e. The van der Waals surface area contributed by atoms with Crippen LogP contribution in [0.1, 0.15) is 11.1 Å². The molecule has 0 unspecified atom stereocenters. The van der Waals surface area contributed by atoms with Gasteiger partial charge in [0.15, 0.2) is 0 Å². The third-order valence-electron chi connectivity index (χ3n) is 5.36. The molecule has 1 N–H and O–H groups in total. The van der Waals surface area contributed by atoms with E-state index in [4.69, 9.17) is 23.2 Å². The predicted molar refractivity (Wildman–Crippen MR) is 115 cm³/mol. The number of halogens is 2. The lowest BCUT2D eigenvalue weighted by Gasteiger charge is -2.35. The first-order valence-electron chi connectivity index (χ1n) is 9.56. The molecule has 2 aromatic carbocycles. The number of carbonyl (C=O) groups excluding carboxylic acids is 2. The Kier molecular flexibility index (Phi) is 5.79. The summed E-state index contributed by atoms with van der Waals surface area (Å²) in [6.07, 6.45) is 2.50. The highest BCUT2D eigenvalue weighted by Crippen LogP contribution is 2.22. The number of para-hydroxylation sites is 1. The zero-order valence-electron chi connectivity index (χ0n) is 15.8. The number of hydrogen-bond acceptors (Lipinski definition) is 2. The van der Waals surface area contributed by atoms with Crippen LogP contribution in [-0.2, 0) is 22.4 Å². The van der Waals surface area contributed by atoms with E-state index in [-0.39, 0.29) is 18.2 Å². The fraction of sp³-hybridized carbons (Fsp3) is 0.273. The van der Waals surface area contributed by atoms with E-state index in [2.05, 4.69) is 4.98 Å². The van der Waals surface area contributed by atoms with Crippen molar-refractivity contribution in [2.24, 2.45) is 0 Å². The van der Waals surface area contributed by atoms with Gasteiger partial charge in [-0.15, -0.1) is 0 Å². The molecule has 4 rings (SSSR count). The zero-order chi connectivity index (χ0) is 20.4. The maximum Gasteiger partial charge on any atom is 0.227 e. The van der Waals surface area contributed by atoms with Crippen molar-refractivity contribution in [2.75, 3.05) is 26.2 Å².